The molecule has 1 N–H and O–H groups in total. The van der Waals surface area contributed by atoms with E-state index in [4.69, 9.17) is 9.72 Å². The zero-order valence-electron chi connectivity index (χ0n) is 16.1. The van der Waals surface area contributed by atoms with E-state index in [0.29, 0.717) is 36.1 Å². The molecule has 2 aromatic heterocycles. The molecule has 1 aromatic carbocycles. The second-order valence-corrected chi connectivity index (χ2v) is 6.77. The first kappa shape index (κ1) is 18.5. The van der Waals surface area contributed by atoms with E-state index in [-0.39, 0.29) is 0 Å². The molecule has 1 aliphatic rings. The maximum Gasteiger partial charge on any atom is 0.229 e. The van der Waals surface area contributed by atoms with E-state index in [2.05, 4.69) is 60.4 Å². The Labute approximate surface area is 164 Å². The highest BCUT2D eigenvalue weighted by molar-refractivity contribution is 5.83. The summed E-state index contributed by atoms with van der Waals surface area (Å²) in [4.78, 5) is 22.8. The number of piperazine rings is 1. The average molecular weight is 379 g/mol. The summed E-state index contributed by atoms with van der Waals surface area (Å²) < 4.78 is 5.12. The molecule has 0 unspecified atom stereocenters. The van der Waals surface area contributed by atoms with Gasteiger partial charge in [-0.05, 0) is 5.56 Å². The molecular weight excluding hydrogens is 354 g/mol. The number of fused-ring (bicyclic) bond motifs is 1. The number of hydrogen-bond acceptors (Lipinski definition) is 8. The molecular formula is C20H25N7O. The van der Waals surface area contributed by atoms with Gasteiger partial charge in [0.05, 0.1) is 6.61 Å². The maximum absolute atomic E-state index is 5.12. The Hall–Kier alpha value is -2.84. The minimum atomic E-state index is 0.596. The number of hydrogen-bond donors (Lipinski definition) is 1. The number of benzene rings is 1. The van der Waals surface area contributed by atoms with Crippen LogP contribution in [0.15, 0.2) is 42.7 Å². The predicted octanol–water partition coefficient (Wildman–Crippen LogP) is 1.80. The van der Waals surface area contributed by atoms with E-state index in [1.165, 1.54) is 5.56 Å². The highest BCUT2D eigenvalue weighted by Crippen LogP contribution is 2.21. The molecule has 146 valence electrons. The fourth-order valence-corrected chi connectivity index (χ4v) is 3.34. The molecule has 0 amide bonds. The first-order valence-electron chi connectivity index (χ1n) is 9.56. The predicted molar refractivity (Wildman–Crippen MR) is 109 cm³/mol. The number of aromatic nitrogens is 4. The summed E-state index contributed by atoms with van der Waals surface area (Å²) in [7, 11) is 1.68. The lowest BCUT2D eigenvalue weighted by molar-refractivity contribution is 0.210. The van der Waals surface area contributed by atoms with Crippen LogP contribution in [-0.4, -0.2) is 71.3 Å². The minimum Gasteiger partial charge on any atom is -0.383 e. The average Bonchev–Trinajstić information content (AvgIpc) is 2.75. The van der Waals surface area contributed by atoms with Gasteiger partial charge in [0.25, 0.3) is 0 Å². The van der Waals surface area contributed by atoms with Crippen molar-refractivity contribution in [2.24, 2.45) is 0 Å². The van der Waals surface area contributed by atoms with Crippen molar-refractivity contribution < 1.29 is 4.74 Å². The SMILES string of the molecule is COCCNc1nc(N2CCN(Cc3ccccc3)CC2)nc2nccnc12. The van der Waals surface area contributed by atoms with Gasteiger partial charge in [-0.1, -0.05) is 30.3 Å². The van der Waals surface area contributed by atoms with E-state index in [1.807, 2.05) is 0 Å². The molecule has 3 aromatic rings. The first-order valence-corrected chi connectivity index (χ1v) is 9.56. The molecule has 8 nitrogen and oxygen atoms in total. The second kappa shape index (κ2) is 8.90. The Kier molecular flexibility index (Phi) is 5.89. The second-order valence-electron chi connectivity index (χ2n) is 6.77. The summed E-state index contributed by atoms with van der Waals surface area (Å²) in [5, 5.41) is 3.29. The van der Waals surface area contributed by atoms with Gasteiger partial charge in [-0.2, -0.15) is 9.97 Å². The van der Waals surface area contributed by atoms with Gasteiger partial charge in [-0.25, -0.2) is 9.97 Å². The van der Waals surface area contributed by atoms with Crippen LogP contribution in [0.1, 0.15) is 5.56 Å². The third kappa shape index (κ3) is 4.35. The minimum absolute atomic E-state index is 0.596. The number of methoxy groups -OCH3 is 1. The summed E-state index contributed by atoms with van der Waals surface area (Å²) in [5.74, 6) is 1.41. The molecule has 4 rings (SSSR count). The van der Waals surface area contributed by atoms with Crippen LogP contribution >= 0.6 is 0 Å². The highest BCUT2D eigenvalue weighted by Gasteiger charge is 2.21. The van der Waals surface area contributed by atoms with Crippen LogP contribution in [0.4, 0.5) is 11.8 Å². The Bertz CT molecular complexity index is 897. The summed E-state index contributed by atoms with van der Waals surface area (Å²) in [6.45, 7) is 5.95. The molecule has 0 aliphatic carbocycles. The van der Waals surface area contributed by atoms with E-state index in [0.717, 1.165) is 32.7 Å². The monoisotopic (exact) mass is 379 g/mol. The number of rotatable bonds is 7. The van der Waals surface area contributed by atoms with Gasteiger partial charge in [-0.3, -0.25) is 4.90 Å². The molecule has 0 atom stereocenters. The van der Waals surface area contributed by atoms with Crippen LogP contribution in [0.5, 0.6) is 0 Å². The van der Waals surface area contributed by atoms with E-state index >= 15 is 0 Å². The van der Waals surface area contributed by atoms with Crippen LogP contribution in [-0.2, 0) is 11.3 Å². The Morgan fingerprint density at radius 3 is 2.57 bits per heavy atom. The number of ether oxygens (including phenoxy) is 1. The summed E-state index contributed by atoms with van der Waals surface area (Å²) in [6.07, 6.45) is 3.32. The van der Waals surface area contributed by atoms with Gasteiger partial charge in [0.2, 0.25) is 5.95 Å². The molecule has 1 aliphatic heterocycles. The largest absolute Gasteiger partial charge is 0.383 e. The molecule has 0 radical (unpaired) electrons. The van der Waals surface area contributed by atoms with Crippen molar-refractivity contribution in [1.82, 2.24) is 24.8 Å². The normalized spacial score (nSPS) is 15.1. The molecule has 0 bridgehead atoms. The van der Waals surface area contributed by atoms with Gasteiger partial charge in [0.1, 0.15) is 0 Å². The van der Waals surface area contributed by atoms with Crippen molar-refractivity contribution in [3.63, 3.8) is 0 Å². The van der Waals surface area contributed by atoms with Crippen molar-refractivity contribution >= 4 is 22.9 Å². The molecule has 1 fully saturated rings. The highest BCUT2D eigenvalue weighted by atomic mass is 16.5. The third-order valence-electron chi connectivity index (χ3n) is 4.82. The van der Waals surface area contributed by atoms with Crippen molar-refractivity contribution in [2.75, 3.05) is 56.7 Å². The van der Waals surface area contributed by atoms with Crippen molar-refractivity contribution in [2.45, 2.75) is 6.54 Å². The quantitative estimate of drug-likeness (QED) is 0.623. The van der Waals surface area contributed by atoms with E-state index in [1.54, 1.807) is 19.5 Å². The summed E-state index contributed by atoms with van der Waals surface area (Å²) in [6, 6.07) is 10.6. The Morgan fingerprint density at radius 1 is 1.00 bits per heavy atom. The number of anilines is 2. The first-order chi connectivity index (χ1) is 13.8. The lowest BCUT2D eigenvalue weighted by Crippen LogP contribution is -2.46. The molecule has 0 spiro atoms. The topological polar surface area (TPSA) is 79.3 Å². The maximum atomic E-state index is 5.12. The summed E-state index contributed by atoms with van der Waals surface area (Å²) in [5.41, 5.74) is 2.64. The molecule has 0 saturated carbocycles. The Balaban J connectivity index is 1.47. The van der Waals surface area contributed by atoms with Crippen LogP contribution < -0.4 is 10.2 Å². The Morgan fingerprint density at radius 2 is 1.79 bits per heavy atom. The van der Waals surface area contributed by atoms with Crippen LogP contribution in [0.2, 0.25) is 0 Å². The zero-order valence-corrected chi connectivity index (χ0v) is 16.1. The van der Waals surface area contributed by atoms with Gasteiger partial charge in [0, 0.05) is 58.8 Å². The fourth-order valence-electron chi connectivity index (χ4n) is 3.34. The summed E-state index contributed by atoms with van der Waals surface area (Å²) >= 11 is 0. The van der Waals surface area contributed by atoms with Crippen LogP contribution in [0.25, 0.3) is 11.2 Å². The van der Waals surface area contributed by atoms with Crippen LogP contribution in [0.3, 0.4) is 0 Å². The number of nitrogens with zero attached hydrogens (tertiary/aromatic N) is 6. The zero-order chi connectivity index (χ0) is 19.2. The smallest absolute Gasteiger partial charge is 0.229 e. The van der Waals surface area contributed by atoms with Gasteiger partial charge < -0.3 is 15.0 Å². The fraction of sp³-hybridized carbons (Fsp3) is 0.400. The van der Waals surface area contributed by atoms with Gasteiger partial charge in [0.15, 0.2) is 17.0 Å². The van der Waals surface area contributed by atoms with Crippen molar-refractivity contribution in [3.8, 4) is 0 Å². The molecule has 3 heterocycles. The molecule has 28 heavy (non-hydrogen) atoms. The lowest BCUT2D eigenvalue weighted by Gasteiger charge is -2.34. The van der Waals surface area contributed by atoms with Crippen molar-refractivity contribution in [3.05, 3.63) is 48.3 Å². The van der Waals surface area contributed by atoms with E-state index < -0.39 is 0 Å². The number of nitrogens with one attached hydrogen (secondary N) is 1. The molecule has 8 heteroatoms. The van der Waals surface area contributed by atoms with E-state index in [9.17, 15) is 0 Å². The molecule has 1 saturated heterocycles. The lowest BCUT2D eigenvalue weighted by atomic mass is 10.2. The van der Waals surface area contributed by atoms with Gasteiger partial charge >= 0.3 is 0 Å². The third-order valence-corrected chi connectivity index (χ3v) is 4.82. The van der Waals surface area contributed by atoms with Crippen molar-refractivity contribution in [1.29, 1.82) is 0 Å². The van der Waals surface area contributed by atoms with Gasteiger partial charge in [-0.15, -0.1) is 0 Å². The van der Waals surface area contributed by atoms with Crippen LogP contribution in [0, 0.1) is 0 Å². The standard InChI is InChI=1S/C20H25N7O/c1-28-14-9-23-19-17-18(22-8-7-21-17)24-20(25-19)27-12-10-26(11-13-27)15-16-5-3-2-4-6-16/h2-8H,9-15H2,1H3,(H,22,23,24,25).